The molecule has 0 aliphatic rings. The van der Waals surface area contributed by atoms with Crippen LogP contribution in [0.1, 0.15) is 10.4 Å². The predicted octanol–water partition coefficient (Wildman–Crippen LogP) is 2.65. The molecule has 118 valence electrons. The van der Waals surface area contributed by atoms with Gasteiger partial charge in [-0.25, -0.2) is 9.78 Å². The zero-order valence-electron chi connectivity index (χ0n) is 12.5. The lowest BCUT2D eigenvalue weighted by Crippen LogP contribution is -1.94. The summed E-state index contributed by atoms with van der Waals surface area (Å²) in [5.74, 6) is -0.0738. The molecular weight excluding hydrogens is 300 g/mol. The van der Waals surface area contributed by atoms with Crippen LogP contribution in [0.3, 0.4) is 0 Å². The lowest BCUT2D eigenvalue weighted by Gasteiger charge is -2.09. The van der Waals surface area contributed by atoms with Gasteiger partial charge in [-0.3, -0.25) is 0 Å². The predicted molar refractivity (Wildman–Crippen MR) is 83.3 cm³/mol. The molecule has 1 heterocycles. The number of nitrogens with zero attached hydrogens (tertiary/aromatic N) is 1. The molecule has 2 aromatic carbocycles. The second-order valence-electron chi connectivity index (χ2n) is 4.85. The molecule has 0 bridgehead atoms. The fraction of sp³-hybridized carbons (Fsp3) is 0.125. The van der Waals surface area contributed by atoms with Crippen LogP contribution in [0.4, 0.5) is 0 Å². The summed E-state index contributed by atoms with van der Waals surface area (Å²) in [7, 11) is 2.88. The number of aromatic carboxylic acids is 1. The Morgan fingerprint density at radius 3 is 2.35 bits per heavy atom. The van der Waals surface area contributed by atoms with Gasteiger partial charge in [0, 0.05) is 5.56 Å². The molecule has 0 aliphatic heterocycles. The molecule has 1 aromatic heterocycles. The molecule has 0 aliphatic carbocycles. The lowest BCUT2D eigenvalue weighted by molar-refractivity contribution is 0.0697. The van der Waals surface area contributed by atoms with Crippen LogP contribution in [0.25, 0.3) is 22.4 Å². The van der Waals surface area contributed by atoms with E-state index in [1.165, 1.54) is 26.4 Å². The van der Waals surface area contributed by atoms with Crippen LogP contribution in [0, 0.1) is 0 Å². The molecule has 7 nitrogen and oxygen atoms in total. The summed E-state index contributed by atoms with van der Waals surface area (Å²) in [5, 5.41) is 19.0. The Morgan fingerprint density at radius 2 is 1.78 bits per heavy atom. The zero-order chi connectivity index (χ0) is 16.6. The van der Waals surface area contributed by atoms with Gasteiger partial charge in [0.05, 0.1) is 30.8 Å². The van der Waals surface area contributed by atoms with Gasteiger partial charge in [-0.2, -0.15) is 0 Å². The number of rotatable bonds is 4. The van der Waals surface area contributed by atoms with Crippen molar-refractivity contribution < 1.29 is 24.5 Å². The molecule has 3 aromatic rings. The molecule has 0 atom stereocenters. The highest BCUT2D eigenvalue weighted by Crippen LogP contribution is 2.39. The summed E-state index contributed by atoms with van der Waals surface area (Å²) < 4.78 is 10.2. The van der Waals surface area contributed by atoms with Gasteiger partial charge in [0.1, 0.15) is 5.82 Å². The van der Waals surface area contributed by atoms with E-state index < -0.39 is 5.97 Å². The van der Waals surface area contributed by atoms with E-state index in [1.54, 1.807) is 18.2 Å². The Bertz CT molecular complexity index is 876. The molecule has 0 saturated heterocycles. The zero-order valence-corrected chi connectivity index (χ0v) is 12.5. The molecule has 0 spiro atoms. The quantitative estimate of drug-likeness (QED) is 0.684. The van der Waals surface area contributed by atoms with E-state index in [0.717, 1.165) is 0 Å². The Hall–Kier alpha value is -3.22. The molecule has 0 unspecified atom stereocenters. The second kappa shape index (κ2) is 5.53. The number of nitrogens with one attached hydrogen (secondary N) is 1. The van der Waals surface area contributed by atoms with Gasteiger partial charge >= 0.3 is 5.97 Å². The van der Waals surface area contributed by atoms with Gasteiger partial charge < -0.3 is 24.7 Å². The number of aromatic nitrogens is 2. The summed E-state index contributed by atoms with van der Waals surface area (Å²) in [6.45, 7) is 0. The first-order valence-electron chi connectivity index (χ1n) is 6.72. The number of carbonyl (C=O) groups is 1. The number of phenolic OH excluding ortho intramolecular Hbond substituents is 1. The van der Waals surface area contributed by atoms with Crippen LogP contribution in [-0.4, -0.2) is 40.4 Å². The van der Waals surface area contributed by atoms with Crippen molar-refractivity contribution in [3.05, 3.63) is 35.9 Å². The van der Waals surface area contributed by atoms with E-state index in [4.69, 9.17) is 14.6 Å². The van der Waals surface area contributed by atoms with Crippen LogP contribution >= 0.6 is 0 Å². The standard InChI is InChI=1S/C16H14N2O5/c1-22-12-6-9(7-13(23-2)14(12)19)15-17-10-4-3-8(16(20)21)5-11(10)18-15/h3-7,19H,1-2H3,(H,17,18)(H,20,21). The van der Waals surface area contributed by atoms with E-state index in [0.29, 0.717) is 22.4 Å². The number of imidazole rings is 1. The molecule has 23 heavy (non-hydrogen) atoms. The van der Waals surface area contributed by atoms with Crippen LogP contribution < -0.4 is 9.47 Å². The summed E-state index contributed by atoms with van der Waals surface area (Å²) in [6, 6.07) is 7.88. The number of hydrogen-bond donors (Lipinski definition) is 3. The highest BCUT2D eigenvalue weighted by atomic mass is 16.5. The Labute approximate surface area is 131 Å². The van der Waals surface area contributed by atoms with Gasteiger partial charge in [-0.05, 0) is 30.3 Å². The van der Waals surface area contributed by atoms with Crippen molar-refractivity contribution in [2.75, 3.05) is 14.2 Å². The van der Waals surface area contributed by atoms with Crippen molar-refractivity contribution in [2.45, 2.75) is 0 Å². The van der Waals surface area contributed by atoms with Crippen LogP contribution in [0.15, 0.2) is 30.3 Å². The number of benzene rings is 2. The monoisotopic (exact) mass is 314 g/mol. The average molecular weight is 314 g/mol. The van der Waals surface area contributed by atoms with Crippen molar-refractivity contribution in [3.63, 3.8) is 0 Å². The van der Waals surface area contributed by atoms with Gasteiger partial charge in [0.25, 0.3) is 0 Å². The summed E-state index contributed by atoms with van der Waals surface area (Å²) in [5.41, 5.74) is 2.06. The first kappa shape index (κ1) is 14.7. The minimum absolute atomic E-state index is 0.0944. The topological polar surface area (TPSA) is 105 Å². The van der Waals surface area contributed by atoms with E-state index in [1.807, 2.05) is 0 Å². The van der Waals surface area contributed by atoms with Crippen molar-refractivity contribution in [3.8, 4) is 28.6 Å². The summed E-state index contributed by atoms with van der Waals surface area (Å²) in [6.07, 6.45) is 0. The summed E-state index contributed by atoms with van der Waals surface area (Å²) >= 11 is 0. The number of ether oxygens (including phenoxy) is 2. The van der Waals surface area contributed by atoms with Crippen LogP contribution in [0.5, 0.6) is 17.2 Å². The van der Waals surface area contributed by atoms with E-state index in [2.05, 4.69) is 9.97 Å². The van der Waals surface area contributed by atoms with Crippen LogP contribution in [0.2, 0.25) is 0 Å². The van der Waals surface area contributed by atoms with Gasteiger partial charge in [-0.15, -0.1) is 0 Å². The number of aromatic hydroxyl groups is 1. The Kier molecular flexibility index (Phi) is 3.53. The number of carboxylic acids is 1. The Balaban J connectivity index is 2.14. The van der Waals surface area contributed by atoms with Gasteiger partial charge in [0.15, 0.2) is 11.5 Å². The third-order valence-corrected chi connectivity index (χ3v) is 3.48. The van der Waals surface area contributed by atoms with Crippen LogP contribution in [-0.2, 0) is 0 Å². The molecule has 0 saturated carbocycles. The van der Waals surface area contributed by atoms with Gasteiger partial charge in [-0.1, -0.05) is 0 Å². The van der Waals surface area contributed by atoms with Crippen molar-refractivity contribution in [1.29, 1.82) is 0 Å². The number of fused-ring (bicyclic) bond motifs is 1. The first-order valence-corrected chi connectivity index (χ1v) is 6.72. The highest BCUT2D eigenvalue weighted by Gasteiger charge is 2.15. The molecule has 7 heteroatoms. The Morgan fingerprint density at radius 1 is 1.13 bits per heavy atom. The number of carboxylic acid groups (broad SMARTS) is 1. The normalized spacial score (nSPS) is 10.7. The third kappa shape index (κ3) is 2.52. The number of aromatic amines is 1. The fourth-order valence-electron chi connectivity index (χ4n) is 2.31. The first-order chi connectivity index (χ1) is 11.0. The molecule has 3 rings (SSSR count). The molecule has 3 N–H and O–H groups in total. The molecule has 0 fully saturated rings. The maximum atomic E-state index is 11.0. The number of H-pyrrole nitrogens is 1. The third-order valence-electron chi connectivity index (χ3n) is 3.48. The highest BCUT2D eigenvalue weighted by molar-refractivity contribution is 5.93. The van der Waals surface area contributed by atoms with Crippen molar-refractivity contribution in [1.82, 2.24) is 9.97 Å². The molecule has 0 radical (unpaired) electrons. The van der Waals surface area contributed by atoms with E-state index >= 15 is 0 Å². The average Bonchev–Trinajstić information content (AvgIpc) is 2.98. The van der Waals surface area contributed by atoms with E-state index in [9.17, 15) is 9.90 Å². The molecule has 0 amide bonds. The number of phenols is 1. The summed E-state index contributed by atoms with van der Waals surface area (Å²) in [4.78, 5) is 18.5. The fourth-order valence-corrected chi connectivity index (χ4v) is 2.31. The maximum Gasteiger partial charge on any atom is 0.335 e. The minimum atomic E-state index is -1.00. The lowest BCUT2D eigenvalue weighted by atomic mass is 10.1. The second-order valence-corrected chi connectivity index (χ2v) is 4.85. The smallest absolute Gasteiger partial charge is 0.335 e. The van der Waals surface area contributed by atoms with E-state index in [-0.39, 0.29) is 22.8 Å². The largest absolute Gasteiger partial charge is 0.502 e. The van der Waals surface area contributed by atoms with Crippen molar-refractivity contribution in [2.24, 2.45) is 0 Å². The number of methoxy groups -OCH3 is 2. The molecular formula is C16H14N2O5. The van der Waals surface area contributed by atoms with Crippen molar-refractivity contribution >= 4 is 17.0 Å². The van der Waals surface area contributed by atoms with Gasteiger partial charge in [0.2, 0.25) is 5.75 Å². The SMILES string of the molecule is COc1cc(-c2nc3ccc(C(=O)O)cc3[nH]2)cc(OC)c1O. The minimum Gasteiger partial charge on any atom is -0.502 e. The number of hydrogen-bond acceptors (Lipinski definition) is 5. The maximum absolute atomic E-state index is 11.0.